The number of hydrogen-bond donors (Lipinski definition) is 2. The van der Waals surface area contributed by atoms with E-state index in [-0.39, 0.29) is 25.9 Å². The number of aromatic nitrogens is 2. The van der Waals surface area contributed by atoms with Gasteiger partial charge in [-0.1, -0.05) is 48.5 Å². The summed E-state index contributed by atoms with van der Waals surface area (Å²) >= 11 is 0. The molecule has 6 rings (SSSR count). The summed E-state index contributed by atoms with van der Waals surface area (Å²) in [4.78, 5) is 8.89. The SMILES string of the molecule is C/C(O)=C/C(C)O.[Ir].[c-]1ccccc1-c1nccc2ccccc12.[c-]1ccccc1-c1nccc2ccccc12. The van der Waals surface area contributed by atoms with Gasteiger partial charge in [0.05, 0.1) is 11.9 Å². The number of fused-ring (bicyclic) bond motifs is 2. The molecule has 5 heteroatoms. The summed E-state index contributed by atoms with van der Waals surface area (Å²) in [7, 11) is 0. The summed E-state index contributed by atoms with van der Waals surface area (Å²) in [6.45, 7) is 3.10. The van der Waals surface area contributed by atoms with Crippen molar-refractivity contribution in [1.29, 1.82) is 0 Å². The van der Waals surface area contributed by atoms with Crippen molar-refractivity contribution in [2.45, 2.75) is 20.0 Å². The largest absolute Gasteiger partial charge is 0.513 e. The molecule has 4 nitrogen and oxygen atoms in total. The van der Waals surface area contributed by atoms with Crippen LogP contribution in [0, 0.1) is 12.1 Å². The fraction of sp³-hybridized carbons (Fsp3) is 0.0857. The zero-order valence-corrected chi connectivity index (χ0v) is 24.7. The first-order valence-corrected chi connectivity index (χ1v) is 12.7. The van der Waals surface area contributed by atoms with Crippen LogP contribution in [-0.4, -0.2) is 26.3 Å². The van der Waals surface area contributed by atoms with E-state index in [1.165, 1.54) is 34.5 Å². The smallest absolute Gasteiger partial charge is 0.0877 e. The Morgan fingerprint density at radius 3 is 1.45 bits per heavy atom. The van der Waals surface area contributed by atoms with Gasteiger partial charge in [0.25, 0.3) is 0 Å². The number of aliphatic hydroxyl groups is 2. The van der Waals surface area contributed by atoms with E-state index in [4.69, 9.17) is 10.2 Å². The maximum atomic E-state index is 8.49. The molecule has 0 saturated carbocycles. The number of hydrogen-bond acceptors (Lipinski definition) is 4. The van der Waals surface area contributed by atoms with Crippen LogP contribution in [0.5, 0.6) is 0 Å². The van der Waals surface area contributed by atoms with Gasteiger partial charge in [0, 0.05) is 32.5 Å². The molecule has 0 aliphatic carbocycles. The van der Waals surface area contributed by atoms with Gasteiger partial charge in [-0.15, -0.1) is 71.8 Å². The van der Waals surface area contributed by atoms with Gasteiger partial charge in [-0.05, 0) is 65.0 Å². The fourth-order valence-electron chi connectivity index (χ4n) is 4.10. The second-order valence-electron chi connectivity index (χ2n) is 8.86. The quantitative estimate of drug-likeness (QED) is 0.144. The van der Waals surface area contributed by atoms with Crippen molar-refractivity contribution in [1.82, 2.24) is 9.97 Å². The van der Waals surface area contributed by atoms with E-state index >= 15 is 0 Å². The van der Waals surface area contributed by atoms with Crippen LogP contribution in [0.1, 0.15) is 13.8 Å². The second-order valence-corrected chi connectivity index (χ2v) is 8.86. The molecule has 0 spiro atoms. The van der Waals surface area contributed by atoms with Crippen molar-refractivity contribution in [3.63, 3.8) is 0 Å². The van der Waals surface area contributed by atoms with Crippen molar-refractivity contribution in [2.24, 2.45) is 0 Å². The van der Waals surface area contributed by atoms with Gasteiger partial charge >= 0.3 is 0 Å². The van der Waals surface area contributed by atoms with Crippen LogP contribution in [0.3, 0.4) is 0 Å². The van der Waals surface area contributed by atoms with Crippen LogP contribution in [0.15, 0.2) is 133 Å². The maximum Gasteiger partial charge on any atom is 0.0877 e. The molecule has 2 N–H and O–H groups in total. The minimum Gasteiger partial charge on any atom is -0.513 e. The van der Waals surface area contributed by atoms with E-state index in [0.29, 0.717) is 0 Å². The number of aliphatic hydroxyl groups excluding tert-OH is 2. The van der Waals surface area contributed by atoms with Gasteiger partial charge in [-0.25, -0.2) is 0 Å². The van der Waals surface area contributed by atoms with Crippen molar-refractivity contribution < 1.29 is 30.3 Å². The molecule has 4 aromatic carbocycles. The molecular formula is C35H30IrN2O2-2. The van der Waals surface area contributed by atoms with Gasteiger partial charge in [0.2, 0.25) is 0 Å². The standard InChI is InChI=1S/2C15H10N.C5H10O2.Ir/c2*1-2-7-13(8-3-1)15-14-9-5-4-6-12(14)10-11-16-15;1-4(6)3-5(2)7;/h2*1-7,9-11H;3-4,6-7H,1-2H3;/q2*-1;;/b;;5-3-;. The van der Waals surface area contributed by atoms with Gasteiger partial charge in [0.1, 0.15) is 0 Å². The zero-order valence-electron chi connectivity index (χ0n) is 22.3. The number of pyridine rings is 2. The van der Waals surface area contributed by atoms with E-state index in [0.717, 1.165) is 22.5 Å². The number of nitrogens with zero attached hydrogens (tertiary/aromatic N) is 2. The third-order valence-electron chi connectivity index (χ3n) is 5.76. The van der Waals surface area contributed by atoms with E-state index in [9.17, 15) is 0 Å². The number of allylic oxidation sites excluding steroid dienone is 1. The Labute approximate surface area is 249 Å². The first-order chi connectivity index (χ1) is 19.0. The Morgan fingerprint density at radius 1 is 0.675 bits per heavy atom. The summed E-state index contributed by atoms with van der Waals surface area (Å²) in [6, 6.07) is 42.9. The monoisotopic (exact) mass is 703 g/mol. The predicted molar refractivity (Wildman–Crippen MR) is 160 cm³/mol. The van der Waals surface area contributed by atoms with E-state index in [1.54, 1.807) is 6.92 Å². The zero-order chi connectivity index (χ0) is 27.5. The molecule has 1 atom stereocenters. The molecule has 0 aliphatic heterocycles. The Hall–Kier alpha value is -4.15. The molecule has 2 heterocycles. The second kappa shape index (κ2) is 15.4. The van der Waals surface area contributed by atoms with Crippen molar-refractivity contribution >= 4 is 21.5 Å². The summed E-state index contributed by atoms with van der Waals surface area (Å²) in [5, 5.41) is 21.7. The van der Waals surface area contributed by atoms with Crippen LogP contribution in [0.25, 0.3) is 44.1 Å². The number of rotatable bonds is 3. The Kier molecular flexibility index (Phi) is 11.7. The van der Waals surface area contributed by atoms with Gasteiger partial charge in [-0.3, -0.25) is 0 Å². The molecule has 2 aromatic heterocycles. The van der Waals surface area contributed by atoms with Crippen molar-refractivity contribution in [3.8, 4) is 22.5 Å². The molecule has 203 valence electrons. The van der Waals surface area contributed by atoms with Crippen LogP contribution in [0.2, 0.25) is 0 Å². The summed E-state index contributed by atoms with van der Waals surface area (Å²) in [5.74, 6) is 0.162. The average molecular weight is 703 g/mol. The molecule has 1 radical (unpaired) electrons. The number of benzene rings is 4. The Balaban J connectivity index is 0.000000177. The molecule has 40 heavy (non-hydrogen) atoms. The molecule has 1 unspecified atom stereocenters. The minimum atomic E-state index is -0.537. The van der Waals surface area contributed by atoms with Crippen molar-refractivity contribution in [3.05, 3.63) is 146 Å². The third-order valence-corrected chi connectivity index (χ3v) is 5.76. The average Bonchev–Trinajstić information content (AvgIpc) is 2.97. The normalized spacial score (nSPS) is 11.3. The topological polar surface area (TPSA) is 66.2 Å². The molecule has 0 amide bonds. The first-order valence-electron chi connectivity index (χ1n) is 12.7. The molecule has 0 saturated heterocycles. The van der Waals surface area contributed by atoms with E-state index in [1.807, 2.05) is 97.3 Å². The third kappa shape index (κ3) is 8.42. The van der Waals surface area contributed by atoms with Crippen LogP contribution in [0.4, 0.5) is 0 Å². The molecule has 0 aliphatic rings. The van der Waals surface area contributed by atoms with Gasteiger partial charge in [-0.2, -0.15) is 0 Å². The van der Waals surface area contributed by atoms with Crippen molar-refractivity contribution in [2.75, 3.05) is 0 Å². The first kappa shape index (κ1) is 30.4. The van der Waals surface area contributed by atoms with E-state index < -0.39 is 6.10 Å². The molecule has 6 aromatic rings. The summed E-state index contributed by atoms with van der Waals surface area (Å²) in [6.07, 6.45) is 4.52. The van der Waals surface area contributed by atoms with Gasteiger partial charge in [0.15, 0.2) is 0 Å². The summed E-state index contributed by atoms with van der Waals surface area (Å²) in [5.41, 5.74) is 4.08. The van der Waals surface area contributed by atoms with Crippen LogP contribution < -0.4 is 0 Å². The van der Waals surface area contributed by atoms with Gasteiger partial charge < -0.3 is 20.2 Å². The summed E-state index contributed by atoms with van der Waals surface area (Å²) < 4.78 is 0. The molecular weight excluding hydrogens is 673 g/mol. The minimum absolute atomic E-state index is 0. The molecule has 0 fully saturated rings. The fourth-order valence-corrected chi connectivity index (χ4v) is 4.10. The van der Waals surface area contributed by atoms with Crippen LogP contribution >= 0.6 is 0 Å². The Bertz CT molecular complexity index is 1520. The van der Waals surface area contributed by atoms with Crippen LogP contribution in [-0.2, 0) is 20.1 Å². The Morgan fingerprint density at radius 2 is 1.10 bits per heavy atom. The maximum absolute atomic E-state index is 8.49. The van der Waals surface area contributed by atoms with E-state index in [2.05, 4.69) is 46.4 Å². The predicted octanol–water partition coefficient (Wildman–Crippen LogP) is 8.23. The molecule has 0 bridgehead atoms.